The van der Waals surface area contributed by atoms with Crippen molar-refractivity contribution in [2.24, 2.45) is 5.92 Å². The summed E-state index contributed by atoms with van der Waals surface area (Å²) >= 11 is 6.27. The van der Waals surface area contributed by atoms with E-state index < -0.39 is 0 Å². The molecule has 34 heavy (non-hydrogen) atoms. The van der Waals surface area contributed by atoms with Crippen LogP contribution in [0.5, 0.6) is 0 Å². The van der Waals surface area contributed by atoms with E-state index in [1.165, 1.54) is 11.1 Å². The number of nitrogens with zero attached hydrogens (tertiary/aromatic N) is 2. The van der Waals surface area contributed by atoms with Crippen molar-refractivity contribution in [2.75, 3.05) is 24.5 Å². The highest BCUT2D eigenvalue weighted by Crippen LogP contribution is 2.29. The van der Waals surface area contributed by atoms with E-state index in [1.807, 2.05) is 53.4 Å². The van der Waals surface area contributed by atoms with Crippen LogP contribution in [0, 0.1) is 5.92 Å². The fourth-order valence-electron chi connectivity index (χ4n) is 5.05. The Hall–Kier alpha value is -3.24. The molecule has 0 unspecified atom stereocenters. The van der Waals surface area contributed by atoms with Crippen molar-refractivity contribution >= 4 is 23.3 Å². The fourth-order valence-corrected chi connectivity index (χ4v) is 5.27. The lowest BCUT2D eigenvalue weighted by molar-refractivity contribution is 0.204. The van der Waals surface area contributed by atoms with Gasteiger partial charge in [-0.1, -0.05) is 72.3 Å². The predicted molar refractivity (Wildman–Crippen MR) is 139 cm³/mol. The predicted octanol–water partition coefficient (Wildman–Crippen LogP) is 6.28. The van der Waals surface area contributed by atoms with Crippen LogP contribution in [0.4, 0.5) is 10.5 Å². The Kier molecular flexibility index (Phi) is 6.87. The molecule has 3 aromatic rings. The average Bonchev–Trinajstić information content (AvgIpc) is 2.87. The lowest BCUT2D eigenvalue weighted by atomic mass is 9.90. The maximum Gasteiger partial charge on any atom is 0.327 e. The molecule has 2 aliphatic rings. The highest BCUT2D eigenvalue weighted by Gasteiger charge is 2.31. The summed E-state index contributed by atoms with van der Waals surface area (Å²) in [6.07, 6.45) is 4.13. The topological polar surface area (TPSA) is 35.6 Å². The van der Waals surface area contributed by atoms with Crippen LogP contribution in [-0.4, -0.2) is 30.6 Å². The van der Waals surface area contributed by atoms with Crippen LogP contribution < -0.4 is 10.2 Å². The normalized spacial score (nSPS) is 17.1. The average molecular weight is 472 g/mol. The van der Waals surface area contributed by atoms with Gasteiger partial charge in [-0.15, -0.1) is 0 Å². The molecule has 0 spiro atoms. The second-order valence-corrected chi connectivity index (χ2v) is 9.67. The Balaban J connectivity index is 1.36. The Labute approximate surface area is 206 Å². The van der Waals surface area contributed by atoms with Crippen LogP contribution >= 0.6 is 11.6 Å². The fraction of sp³-hybridized carbons (Fsp3) is 0.276. The van der Waals surface area contributed by atoms with Crippen LogP contribution in [0.1, 0.15) is 24.0 Å². The largest absolute Gasteiger partial charge is 0.358 e. The van der Waals surface area contributed by atoms with E-state index >= 15 is 0 Å². The van der Waals surface area contributed by atoms with Crippen LogP contribution in [0.2, 0.25) is 5.02 Å². The molecule has 2 heterocycles. The summed E-state index contributed by atoms with van der Waals surface area (Å²) in [5.74, 6) is 1.66. The molecule has 3 aromatic carbocycles. The lowest BCUT2D eigenvalue weighted by Gasteiger charge is -2.40. The molecule has 4 nitrogen and oxygen atoms in total. The highest BCUT2D eigenvalue weighted by atomic mass is 35.5. The quantitative estimate of drug-likeness (QED) is 0.459. The summed E-state index contributed by atoms with van der Waals surface area (Å²) in [5.41, 5.74) is 4.69. The molecular formula is C29H30ClN3O. The van der Waals surface area contributed by atoms with Gasteiger partial charge in [-0.2, -0.15) is 0 Å². The first-order valence-corrected chi connectivity index (χ1v) is 12.4. The summed E-state index contributed by atoms with van der Waals surface area (Å²) in [4.78, 5) is 17.3. The van der Waals surface area contributed by atoms with E-state index in [2.05, 4.69) is 46.6 Å². The van der Waals surface area contributed by atoms with Gasteiger partial charge in [0.1, 0.15) is 5.82 Å². The van der Waals surface area contributed by atoms with Gasteiger partial charge < -0.3 is 4.90 Å². The monoisotopic (exact) mass is 471 g/mol. The highest BCUT2D eigenvalue weighted by molar-refractivity contribution is 6.30. The van der Waals surface area contributed by atoms with Gasteiger partial charge >= 0.3 is 6.03 Å². The van der Waals surface area contributed by atoms with Gasteiger partial charge in [-0.3, -0.25) is 10.2 Å². The molecule has 174 valence electrons. The Bertz CT molecular complexity index is 1150. The SMILES string of the molecule is O=C1NC(N2CCC(Cc3ccccc3)CC2)=C(Cc2cccc(Cl)c2)CN1c1ccccc1. The van der Waals surface area contributed by atoms with Crippen LogP contribution in [0.25, 0.3) is 0 Å². The molecule has 0 radical (unpaired) electrons. The molecule has 2 amide bonds. The molecule has 1 saturated heterocycles. The number of likely N-dealkylation sites (tertiary alicyclic amines) is 1. The van der Waals surface area contributed by atoms with Crippen molar-refractivity contribution in [3.05, 3.63) is 112 Å². The van der Waals surface area contributed by atoms with Crippen LogP contribution in [0.15, 0.2) is 96.3 Å². The van der Waals surface area contributed by atoms with E-state index in [4.69, 9.17) is 11.6 Å². The zero-order chi connectivity index (χ0) is 23.3. The lowest BCUT2D eigenvalue weighted by Crippen LogP contribution is -2.51. The molecule has 0 aromatic heterocycles. The van der Waals surface area contributed by atoms with Gasteiger partial charge in [0.2, 0.25) is 0 Å². The molecule has 1 fully saturated rings. The van der Waals surface area contributed by atoms with E-state index in [9.17, 15) is 4.79 Å². The van der Waals surface area contributed by atoms with E-state index in [0.29, 0.717) is 12.5 Å². The van der Waals surface area contributed by atoms with Crippen LogP contribution in [-0.2, 0) is 12.8 Å². The minimum absolute atomic E-state index is 0.0672. The number of nitrogens with one attached hydrogen (secondary N) is 1. The molecule has 0 aliphatic carbocycles. The van der Waals surface area contributed by atoms with E-state index in [1.54, 1.807) is 0 Å². The Morgan fingerprint density at radius 3 is 2.24 bits per heavy atom. The molecule has 1 N–H and O–H groups in total. The standard InChI is InChI=1S/C29H30ClN3O/c30-26-11-7-10-24(20-26)19-25-21-33(27-12-5-2-6-13-27)29(34)31-28(25)32-16-14-23(15-17-32)18-22-8-3-1-4-9-22/h1-13,20,23H,14-19,21H2,(H,31,34). The third kappa shape index (κ3) is 5.28. The van der Waals surface area contributed by atoms with Crippen molar-refractivity contribution < 1.29 is 4.79 Å². The Morgan fingerprint density at radius 1 is 0.853 bits per heavy atom. The molecule has 0 saturated carbocycles. The molecule has 0 bridgehead atoms. The van der Waals surface area contributed by atoms with Crippen molar-refractivity contribution in [2.45, 2.75) is 25.7 Å². The number of hydrogen-bond acceptors (Lipinski definition) is 2. The summed E-state index contributed by atoms with van der Waals surface area (Å²) in [5, 5.41) is 3.98. The minimum Gasteiger partial charge on any atom is -0.358 e. The summed E-state index contributed by atoms with van der Waals surface area (Å²) < 4.78 is 0. The molecule has 5 rings (SSSR count). The number of piperidine rings is 1. The molecular weight excluding hydrogens is 442 g/mol. The van der Waals surface area contributed by atoms with Gasteiger partial charge in [0.05, 0.1) is 6.54 Å². The Morgan fingerprint density at radius 2 is 1.53 bits per heavy atom. The molecule has 2 aliphatic heterocycles. The van der Waals surface area contributed by atoms with E-state index in [0.717, 1.165) is 60.9 Å². The van der Waals surface area contributed by atoms with Gasteiger partial charge in [0.15, 0.2) is 0 Å². The zero-order valence-corrected chi connectivity index (χ0v) is 20.0. The second kappa shape index (κ2) is 10.4. The van der Waals surface area contributed by atoms with Crippen molar-refractivity contribution in [3.63, 3.8) is 0 Å². The number of urea groups is 1. The van der Waals surface area contributed by atoms with Gasteiger partial charge in [-0.05, 0) is 72.6 Å². The van der Waals surface area contributed by atoms with Crippen molar-refractivity contribution in [3.8, 4) is 0 Å². The number of benzene rings is 3. The number of rotatable bonds is 6. The smallest absolute Gasteiger partial charge is 0.327 e. The summed E-state index contributed by atoms with van der Waals surface area (Å²) in [7, 11) is 0. The maximum atomic E-state index is 13.1. The number of anilines is 1. The van der Waals surface area contributed by atoms with Crippen molar-refractivity contribution in [1.82, 2.24) is 10.2 Å². The first kappa shape index (κ1) is 22.5. The van der Waals surface area contributed by atoms with Crippen molar-refractivity contribution in [1.29, 1.82) is 0 Å². The van der Waals surface area contributed by atoms with Crippen LogP contribution in [0.3, 0.4) is 0 Å². The first-order valence-electron chi connectivity index (χ1n) is 12.0. The van der Waals surface area contributed by atoms with E-state index in [-0.39, 0.29) is 6.03 Å². The third-order valence-electron chi connectivity index (χ3n) is 6.83. The van der Waals surface area contributed by atoms with Gasteiger partial charge in [-0.25, -0.2) is 4.79 Å². The number of para-hydroxylation sites is 1. The second-order valence-electron chi connectivity index (χ2n) is 9.23. The first-order chi connectivity index (χ1) is 16.7. The molecule has 5 heteroatoms. The zero-order valence-electron chi connectivity index (χ0n) is 19.3. The number of carbonyl (C=O) groups excluding carboxylic acids is 1. The summed E-state index contributed by atoms with van der Waals surface area (Å²) in [6.45, 7) is 2.48. The number of amides is 2. The number of hydrogen-bond donors (Lipinski definition) is 1. The van der Waals surface area contributed by atoms with Gasteiger partial charge in [0.25, 0.3) is 0 Å². The third-order valence-corrected chi connectivity index (χ3v) is 7.06. The maximum absolute atomic E-state index is 13.1. The number of halogens is 1. The minimum atomic E-state index is -0.0672. The number of carbonyl (C=O) groups is 1. The summed E-state index contributed by atoms with van der Waals surface area (Å²) in [6, 6.07) is 28.6. The molecule has 0 atom stereocenters. The van der Waals surface area contributed by atoms with Gasteiger partial charge in [0, 0.05) is 23.8 Å².